The van der Waals surface area contributed by atoms with Gasteiger partial charge >= 0.3 is 5.97 Å². The van der Waals surface area contributed by atoms with Gasteiger partial charge in [-0.25, -0.2) is 4.79 Å². The van der Waals surface area contributed by atoms with Crippen LogP contribution in [0.3, 0.4) is 0 Å². The van der Waals surface area contributed by atoms with Crippen molar-refractivity contribution >= 4 is 33.3 Å². The lowest BCUT2D eigenvalue weighted by atomic mass is 10.0. The van der Waals surface area contributed by atoms with Crippen molar-refractivity contribution in [2.45, 2.75) is 0 Å². The van der Waals surface area contributed by atoms with Gasteiger partial charge in [-0.15, -0.1) is 0 Å². The van der Waals surface area contributed by atoms with Gasteiger partial charge in [-0.1, -0.05) is 15.9 Å². The van der Waals surface area contributed by atoms with Crippen LogP contribution in [0, 0.1) is 10.1 Å². The lowest BCUT2D eigenvalue weighted by molar-refractivity contribution is -0.384. The summed E-state index contributed by atoms with van der Waals surface area (Å²) in [5, 5.41) is 14.6. The number of nitrogens with two attached hydrogens (primary N) is 1. The molecule has 0 fully saturated rings. The number of carbonyl (C=O) groups is 1. The SMILES string of the molecule is N/N=C(\c1ccc(OC(=O)c2ccc(Br)cc2)cc1)c1ccc([N+](=O)[O-])cc1. The molecule has 0 radical (unpaired) electrons. The van der Waals surface area contributed by atoms with Crippen molar-refractivity contribution in [3.8, 4) is 5.75 Å². The maximum Gasteiger partial charge on any atom is 0.343 e. The lowest BCUT2D eigenvalue weighted by Crippen LogP contribution is -2.09. The molecule has 0 aliphatic rings. The Morgan fingerprint density at radius 3 is 1.89 bits per heavy atom. The van der Waals surface area contributed by atoms with Gasteiger partial charge in [-0.3, -0.25) is 10.1 Å². The average Bonchev–Trinajstić information content (AvgIpc) is 2.70. The van der Waals surface area contributed by atoms with E-state index in [0.29, 0.717) is 28.2 Å². The van der Waals surface area contributed by atoms with E-state index in [-0.39, 0.29) is 5.69 Å². The molecule has 0 bridgehead atoms. The molecule has 7 nitrogen and oxygen atoms in total. The number of hydrogen-bond donors (Lipinski definition) is 1. The van der Waals surface area contributed by atoms with Crippen LogP contribution in [0.25, 0.3) is 0 Å². The molecule has 0 atom stereocenters. The quantitative estimate of drug-likeness (QED) is 0.159. The summed E-state index contributed by atoms with van der Waals surface area (Å²) in [7, 11) is 0. The Kier molecular flexibility index (Phi) is 5.81. The number of nitro benzene ring substituents is 1. The van der Waals surface area contributed by atoms with Gasteiger partial charge in [0.15, 0.2) is 0 Å². The maximum absolute atomic E-state index is 12.2. The van der Waals surface area contributed by atoms with Gasteiger partial charge in [0.25, 0.3) is 5.69 Å². The first-order valence-electron chi connectivity index (χ1n) is 8.09. The highest BCUT2D eigenvalue weighted by atomic mass is 79.9. The Morgan fingerprint density at radius 2 is 1.39 bits per heavy atom. The summed E-state index contributed by atoms with van der Waals surface area (Å²) in [6.07, 6.45) is 0. The Morgan fingerprint density at radius 1 is 0.893 bits per heavy atom. The van der Waals surface area contributed by atoms with E-state index < -0.39 is 10.9 Å². The highest BCUT2D eigenvalue weighted by Gasteiger charge is 2.12. The molecule has 0 spiro atoms. The number of halogens is 1. The number of benzene rings is 3. The standard InChI is InChI=1S/C20H14BrN3O4/c21-16-7-1-15(2-8-16)20(25)28-18-11-5-14(6-12-18)19(23-22)13-3-9-17(10-4-13)24(26)27/h1-12H,22H2/b23-19-. The molecule has 0 aromatic heterocycles. The Labute approximate surface area is 168 Å². The number of ether oxygens (including phenoxy) is 1. The first-order valence-corrected chi connectivity index (χ1v) is 8.88. The third kappa shape index (κ3) is 4.41. The van der Waals surface area contributed by atoms with E-state index in [0.717, 1.165) is 4.47 Å². The maximum atomic E-state index is 12.2. The highest BCUT2D eigenvalue weighted by molar-refractivity contribution is 9.10. The van der Waals surface area contributed by atoms with Crippen molar-refractivity contribution < 1.29 is 14.5 Å². The largest absolute Gasteiger partial charge is 0.423 e. The van der Waals surface area contributed by atoms with E-state index in [1.807, 2.05) is 0 Å². The fourth-order valence-corrected chi connectivity index (χ4v) is 2.75. The first kappa shape index (κ1) is 19.2. The number of non-ortho nitro benzene ring substituents is 1. The number of esters is 1. The zero-order valence-corrected chi connectivity index (χ0v) is 16.0. The summed E-state index contributed by atoms with van der Waals surface area (Å²) in [6, 6.07) is 19.4. The molecule has 3 rings (SSSR count). The molecule has 0 aliphatic carbocycles. The molecule has 0 heterocycles. The minimum absolute atomic E-state index is 0.0182. The zero-order valence-electron chi connectivity index (χ0n) is 14.4. The van der Waals surface area contributed by atoms with E-state index in [2.05, 4.69) is 21.0 Å². The molecule has 3 aromatic carbocycles. The second-order valence-corrected chi connectivity index (χ2v) is 6.62. The summed E-state index contributed by atoms with van der Waals surface area (Å²) in [4.78, 5) is 22.5. The number of rotatable bonds is 5. The predicted octanol–water partition coefficient (Wildman–Crippen LogP) is 4.29. The van der Waals surface area contributed by atoms with Crippen molar-refractivity contribution in [2.75, 3.05) is 0 Å². The van der Waals surface area contributed by atoms with Gasteiger partial charge in [-0.05, 0) is 60.7 Å². The highest BCUT2D eigenvalue weighted by Crippen LogP contribution is 2.20. The van der Waals surface area contributed by atoms with Crippen LogP contribution in [0.1, 0.15) is 21.5 Å². The number of hydrogen-bond acceptors (Lipinski definition) is 6. The molecule has 3 aromatic rings. The fourth-order valence-electron chi connectivity index (χ4n) is 2.49. The minimum atomic E-state index is -0.475. The van der Waals surface area contributed by atoms with Crippen LogP contribution in [-0.4, -0.2) is 16.6 Å². The lowest BCUT2D eigenvalue weighted by Gasteiger charge is -2.08. The Bertz CT molecular complexity index is 1030. The van der Waals surface area contributed by atoms with Crippen molar-refractivity contribution in [2.24, 2.45) is 10.9 Å². The smallest absolute Gasteiger partial charge is 0.343 e. The number of carbonyl (C=O) groups excluding carboxylic acids is 1. The topological polar surface area (TPSA) is 108 Å². The number of hydrazone groups is 1. The molecule has 0 unspecified atom stereocenters. The van der Waals surface area contributed by atoms with Gasteiger partial charge in [0.2, 0.25) is 0 Å². The Balaban J connectivity index is 1.76. The summed E-state index contributed by atoms with van der Waals surface area (Å²) in [5.41, 5.74) is 2.19. The summed E-state index contributed by atoms with van der Waals surface area (Å²) in [5.74, 6) is 5.41. The van der Waals surface area contributed by atoms with Crippen LogP contribution in [-0.2, 0) is 0 Å². The zero-order chi connectivity index (χ0) is 20.1. The molecular formula is C20H14BrN3O4. The van der Waals surface area contributed by atoms with Crippen molar-refractivity contribution in [3.05, 3.63) is 104 Å². The molecule has 8 heteroatoms. The normalized spacial score (nSPS) is 11.1. The van der Waals surface area contributed by atoms with Crippen LogP contribution in [0.4, 0.5) is 5.69 Å². The van der Waals surface area contributed by atoms with Crippen LogP contribution in [0.2, 0.25) is 0 Å². The van der Waals surface area contributed by atoms with Crippen LogP contribution in [0.5, 0.6) is 5.75 Å². The second kappa shape index (κ2) is 8.45. The van der Waals surface area contributed by atoms with Crippen molar-refractivity contribution in [1.29, 1.82) is 0 Å². The molecule has 0 amide bonds. The van der Waals surface area contributed by atoms with Gasteiger partial charge in [-0.2, -0.15) is 5.10 Å². The summed E-state index contributed by atoms with van der Waals surface area (Å²) >= 11 is 3.31. The summed E-state index contributed by atoms with van der Waals surface area (Å²) in [6.45, 7) is 0. The summed E-state index contributed by atoms with van der Waals surface area (Å²) < 4.78 is 6.22. The monoisotopic (exact) mass is 439 g/mol. The predicted molar refractivity (Wildman–Crippen MR) is 108 cm³/mol. The van der Waals surface area contributed by atoms with E-state index in [1.165, 1.54) is 12.1 Å². The third-order valence-electron chi connectivity index (χ3n) is 3.90. The molecule has 0 aliphatic heterocycles. The third-order valence-corrected chi connectivity index (χ3v) is 4.43. The van der Waals surface area contributed by atoms with Gasteiger partial charge in [0.05, 0.1) is 16.2 Å². The van der Waals surface area contributed by atoms with E-state index in [9.17, 15) is 14.9 Å². The van der Waals surface area contributed by atoms with E-state index in [4.69, 9.17) is 10.6 Å². The van der Waals surface area contributed by atoms with Crippen LogP contribution in [0.15, 0.2) is 82.4 Å². The van der Waals surface area contributed by atoms with E-state index >= 15 is 0 Å². The van der Waals surface area contributed by atoms with Crippen molar-refractivity contribution in [1.82, 2.24) is 0 Å². The Hall–Kier alpha value is -3.52. The minimum Gasteiger partial charge on any atom is -0.423 e. The van der Waals surface area contributed by atoms with Crippen LogP contribution >= 0.6 is 15.9 Å². The van der Waals surface area contributed by atoms with Crippen molar-refractivity contribution in [3.63, 3.8) is 0 Å². The molecule has 28 heavy (non-hydrogen) atoms. The van der Waals surface area contributed by atoms with Gasteiger partial charge in [0, 0.05) is 27.7 Å². The first-order chi connectivity index (χ1) is 13.5. The van der Waals surface area contributed by atoms with Gasteiger partial charge in [0.1, 0.15) is 5.75 Å². The average molecular weight is 440 g/mol. The second-order valence-electron chi connectivity index (χ2n) is 5.70. The van der Waals surface area contributed by atoms with E-state index in [1.54, 1.807) is 60.7 Å². The van der Waals surface area contributed by atoms with Gasteiger partial charge < -0.3 is 10.6 Å². The molecular weight excluding hydrogens is 426 g/mol. The molecule has 0 saturated heterocycles. The number of nitrogens with zero attached hydrogens (tertiary/aromatic N) is 2. The molecule has 2 N–H and O–H groups in total. The number of nitro groups is 1. The van der Waals surface area contributed by atoms with Crippen LogP contribution < -0.4 is 10.6 Å². The molecule has 140 valence electrons. The molecule has 0 saturated carbocycles. The fraction of sp³-hybridized carbons (Fsp3) is 0.